The van der Waals surface area contributed by atoms with Crippen LogP contribution in [0.15, 0.2) is 24.3 Å². The van der Waals surface area contributed by atoms with E-state index in [4.69, 9.17) is 0 Å². The number of amides is 1. The van der Waals surface area contributed by atoms with Gasteiger partial charge >= 0.3 is 0 Å². The van der Waals surface area contributed by atoms with Crippen LogP contribution in [0.5, 0.6) is 0 Å². The Balaban J connectivity index is 1.68. The van der Waals surface area contributed by atoms with Gasteiger partial charge in [0.1, 0.15) is 0 Å². The first kappa shape index (κ1) is 13.6. The molecule has 1 aromatic rings. The van der Waals surface area contributed by atoms with Crippen molar-refractivity contribution in [1.29, 1.82) is 0 Å². The van der Waals surface area contributed by atoms with E-state index in [1.807, 2.05) is 11.0 Å². The maximum Gasteiger partial charge on any atom is 0.241 e. The van der Waals surface area contributed by atoms with Crippen molar-refractivity contribution in [2.75, 3.05) is 24.5 Å². The number of anilines is 1. The first-order valence-electron chi connectivity index (χ1n) is 7.77. The van der Waals surface area contributed by atoms with Gasteiger partial charge < -0.3 is 4.90 Å². The fourth-order valence-corrected chi connectivity index (χ4v) is 3.43. The van der Waals surface area contributed by atoms with Crippen LogP contribution in [0.4, 0.5) is 5.69 Å². The lowest BCUT2D eigenvalue weighted by atomic mass is 9.99. The molecule has 1 atom stereocenters. The van der Waals surface area contributed by atoms with E-state index in [-0.39, 0.29) is 5.91 Å². The van der Waals surface area contributed by atoms with E-state index in [9.17, 15) is 4.79 Å². The van der Waals surface area contributed by atoms with Crippen molar-refractivity contribution in [3.63, 3.8) is 0 Å². The highest BCUT2D eigenvalue weighted by Crippen LogP contribution is 2.32. The molecule has 0 N–H and O–H groups in total. The van der Waals surface area contributed by atoms with Crippen molar-refractivity contribution in [2.24, 2.45) is 5.92 Å². The van der Waals surface area contributed by atoms with Gasteiger partial charge in [0.15, 0.2) is 0 Å². The first-order chi connectivity index (χ1) is 9.65. The summed E-state index contributed by atoms with van der Waals surface area (Å²) in [6.45, 7) is 7.16. The lowest BCUT2D eigenvalue weighted by Gasteiger charge is -2.32. The Morgan fingerprint density at radius 1 is 1.20 bits per heavy atom. The molecule has 0 aliphatic carbocycles. The molecular weight excluding hydrogens is 248 g/mol. The summed E-state index contributed by atoms with van der Waals surface area (Å²) in [5.74, 6) is 1.07. The predicted octanol–water partition coefficient (Wildman–Crippen LogP) is 2.70. The molecule has 1 amide bonds. The second-order valence-electron chi connectivity index (χ2n) is 6.40. The van der Waals surface area contributed by atoms with E-state index in [0.29, 0.717) is 12.6 Å². The van der Waals surface area contributed by atoms with Crippen LogP contribution in [-0.2, 0) is 11.2 Å². The summed E-state index contributed by atoms with van der Waals surface area (Å²) in [6, 6.07) is 8.60. The van der Waals surface area contributed by atoms with Gasteiger partial charge in [0, 0.05) is 11.7 Å². The molecule has 3 heteroatoms. The lowest BCUT2D eigenvalue weighted by molar-refractivity contribution is -0.120. The van der Waals surface area contributed by atoms with Gasteiger partial charge in [0.05, 0.1) is 6.54 Å². The van der Waals surface area contributed by atoms with E-state index in [2.05, 4.69) is 36.9 Å². The Morgan fingerprint density at radius 2 is 1.90 bits per heavy atom. The van der Waals surface area contributed by atoms with Crippen LogP contribution in [0.25, 0.3) is 0 Å². The van der Waals surface area contributed by atoms with Crippen molar-refractivity contribution >= 4 is 11.6 Å². The number of rotatable bonds is 2. The van der Waals surface area contributed by atoms with Crippen LogP contribution in [0.1, 0.15) is 32.3 Å². The minimum Gasteiger partial charge on any atom is -0.308 e. The van der Waals surface area contributed by atoms with Gasteiger partial charge in [-0.25, -0.2) is 0 Å². The fourth-order valence-electron chi connectivity index (χ4n) is 3.43. The molecule has 2 aliphatic rings. The maximum atomic E-state index is 12.7. The summed E-state index contributed by atoms with van der Waals surface area (Å²) in [6.07, 6.45) is 3.43. The van der Waals surface area contributed by atoms with Gasteiger partial charge in [-0.1, -0.05) is 25.1 Å². The molecule has 0 saturated carbocycles. The number of carbonyl (C=O) groups excluding carboxylic acids is 1. The van der Waals surface area contributed by atoms with E-state index in [1.165, 1.54) is 18.4 Å². The highest BCUT2D eigenvalue weighted by molar-refractivity contribution is 5.97. The van der Waals surface area contributed by atoms with Gasteiger partial charge in [0.25, 0.3) is 0 Å². The third-order valence-corrected chi connectivity index (χ3v) is 4.71. The molecule has 0 spiro atoms. The number of benzene rings is 1. The minimum absolute atomic E-state index is 0.261. The number of piperidine rings is 1. The number of hydrogen-bond donors (Lipinski definition) is 0. The largest absolute Gasteiger partial charge is 0.308 e. The molecule has 0 aromatic heterocycles. The number of hydrogen-bond acceptors (Lipinski definition) is 2. The summed E-state index contributed by atoms with van der Waals surface area (Å²) in [7, 11) is 0. The molecule has 2 aliphatic heterocycles. The molecular formula is C17H24N2O. The van der Waals surface area contributed by atoms with E-state index >= 15 is 0 Å². The van der Waals surface area contributed by atoms with Gasteiger partial charge in [0.2, 0.25) is 5.91 Å². The summed E-state index contributed by atoms with van der Waals surface area (Å²) < 4.78 is 0. The van der Waals surface area contributed by atoms with Crippen LogP contribution in [-0.4, -0.2) is 36.5 Å². The Labute approximate surface area is 121 Å². The second kappa shape index (κ2) is 5.57. The van der Waals surface area contributed by atoms with Gasteiger partial charge in [-0.3, -0.25) is 9.69 Å². The molecule has 1 fully saturated rings. The standard InChI is InChI=1S/C17H24N2O/c1-13-7-9-18(10-8-13)12-17(20)19-14(2)11-15-5-3-4-6-16(15)19/h3-6,13-14H,7-12H2,1-2H3/t14-/m1/s1. The number of fused-ring (bicyclic) bond motifs is 1. The van der Waals surface area contributed by atoms with Crippen LogP contribution < -0.4 is 4.90 Å². The monoisotopic (exact) mass is 272 g/mol. The van der Waals surface area contributed by atoms with Gasteiger partial charge in [-0.15, -0.1) is 0 Å². The summed E-state index contributed by atoms with van der Waals surface area (Å²) in [5.41, 5.74) is 2.43. The van der Waals surface area contributed by atoms with Crippen molar-refractivity contribution in [1.82, 2.24) is 4.90 Å². The molecule has 2 heterocycles. The van der Waals surface area contributed by atoms with Crippen molar-refractivity contribution in [2.45, 2.75) is 39.2 Å². The van der Waals surface area contributed by atoms with Gasteiger partial charge in [-0.2, -0.15) is 0 Å². The number of para-hydroxylation sites is 1. The first-order valence-corrected chi connectivity index (χ1v) is 7.77. The summed E-state index contributed by atoms with van der Waals surface area (Å²) in [4.78, 5) is 17.0. The average Bonchev–Trinajstić information content (AvgIpc) is 2.77. The molecule has 108 valence electrons. The van der Waals surface area contributed by atoms with Crippen LogP contribution in [0, 0.1) is 5.92 Å². The zero-order valence-corrected chi connectivity index (χ0v) is 12.5. The van der Waals surface area contributed by atoms with E-state index in [0.717, 1.165) is 31.1 Å². The number of likely N-dealkylation sites (tertiary alicyclic amines) is 1. The van der Waals surface area contributed by atoms with Crippen molar-refractivity contribution in [3.8, 4) is 0 Å². The molecule has 0 unspecified atom stereocenters. The molecule has 1 aromatic carbocycles. The smallest absolute Gasteiger partial charge is 0.241 e. The third-order valence-electron chi connectivity index (χ3n) is 4.71. The second-order valence-corrected chi connectivity index (χ2v) is 6.40. The topological polar surface area (TPSA) is 23.6 Å². The SMILES string of the molecule is CC1CCN(CC(=O)N2c3ccccc3C[C@H]2C)CC1. The zero-order valence-electron chi connectivity index (χ0n) is 12.5. The molecule has 1 saturated heterocycles. The van der Waals surface area contributed by atoms with Crippen molar-refractivity contribution in [3.05, 3.63) is 29.8 Å². The number of nitrogens with zero attached hydrogens (tertiary/aromatic N) is 2. The Morgan fingerprint density at radius 3 is 2.65 bits per heavy atom. The maximum absolute atomic E-state index is 12.7. The lowest BCUT2D eigenvalue weighted by Crippen LogP contribution is -2.45. The van der Waals surface area contributed by atoms with Crippen LogP contribution in [0.3, 0.4) is 0 Å². The summed E-state index contributed by atoms with van der Waals surface area (Å²) >= 11 is 0. The number of carbonyl (C=O) groups is 1. The Bertz CT molecular complexity index is 492. The Kier molecular flexibility index (Phi) is 3.79. The molecule has 0 radical (unpaired) electrons. The molecule has 3 rings (SSSR count). The Hall–Kier alpha value is -1.35. The van der Waals surface area contributed by atoms with Gasteiger partial charge in [-0.05, 0) is 56.8 Å². The molecule has 0 bridgehead atoms. The van der Waals surface area contributed by atoms with Crippen LogP contribution >= 0.6 is 0 Å². The summed E-state index contributed by atoms with van der Waals surface area (Å²) in [5, 5.41) is 0. The fraction of sp³-hybridized carbons (Fsp3) is 0.588. The van der Waals surface area contributed by atoms with E-state index in [1.54, 1.807) is 0 Å². The van der Waals surface area contributed by atoms with E-state index < -0.39 is 0 Å². The average molecular weight is 272 g/mol. The molecule has 3 nitrogen and oxygen atoms in total. The zero-order chi connectivity index (χ0) is 14.1. The van der Waals surface area contributed by atoms with Crippen molar-refractivity contribution < 1.29 is 4.79 Å². The highest BCUT2D eigenvalue weighted by atomic mass is 16.2. The third kappa shape index (κ3) is 2.59. The molecule has 20 heavy (non-hydrogen) atoms. The predicted molar refractivity (Wildman–Crippen MR) is 81.9 cm³/mol. The highest BCUT2D eigenvalue weighted by Gasteiger charge is 2.31. The minimum atomic E-state index is 0.261. The van der Waals surface area contributed by atoms with Crippen LogP contribution in [0.2, 0.25) is 0 Å². The quantitative estimate of drug-likeness (QED) is 0.826. The normalized spacial score (nSPS) is 23.9.